The quantitative estimate of drug-likeness (QED) is 0.831. The van der Waals surface area contributed by atoms with Crippen LogP contribution >= 0.6 is 0 Å². The third-order valence-electron chi connectivity index (χ3n) is 4.08. The summed E-state index contributed by atoms with van der Waals surface area (Å²) in [5.74, 6) is 0.795. The standard InChI is InChI=1S/C15H24N2O/c1-2-13-8-9-17(10-13)11-15(16,12-18)14-6-4-3-5-7-14/h3-7,13,18H,2,8-12,16H2,1H3. The summed E-state index contributed by atoms with van der Waals surface area (Å²) in [4.78, 5) is 2.39. The van der Waals surface area contributed by atoms with Crippen LogP contribution in [-0.4, -0.2) is 36.2 Å². The van der Waals surface area contributed by atoms with Gasteiger partial charge in [-0.15, -0.1) is 0 Å². The van der Waals surface area contributed by atoms with Crippen molar-refractivity contribution in [3.05, 3.63) is 35.9 Å². The van der Waals surface area contributed by atoms with Gasteiger partial charge in [-0.05, 0) is 24.4 Å². The number of nitrogens with zero attached hydrogens (tertiary/aromatic N) is 1. The Bertz CT molecular complexity index is 368. The highest BCUT2D eigenvalue weighted by Gasteiger charge is 2.32. The highest BCUT2D eigenvalue weighted by atomic mass is 16.3. The molecule has 2 atom stereocenters. The third-order valence-corrected chi connectivity index (χ3v) is 4.08. The minimum atomic E-state index is -0.635. The topological polar surface area (TPSA) is 49.5 Å². The summed E-state index contributed by atoms with van der Waals surface area (Å²) in [5, 5.41) is 9.67. The molecule has 100 valence electrons. The first kappa shape index (κ1) is 13.5. The predicted octanol–water partition coefficient (Wildman–Crippen LogP) is 1.56. The molecule has 0 saturated carbocycles. The summed E-state index contributed by atoms with van der Waals surface area (Å²) < 4.78 is 0. The molecule has 0 aromatic heterocycles. The summed E-state index contributed by atoms with van der Waals surface area (Å²) in [6, 6.07) is 9.94. The molecule has 1 fully saturated rings. The summed E-state index contributed by atoms with van der Waals surface area (Å²) in [7, 11) is 0. The van der Waals surface area contributed by atoms with Gasteiger partial charge >= 0.3 is 0 Å². The van der Waals surface area contributed by atoms with Gasteiger partial charge in [-0.2, -0.15) is 0 Å². The van der Waals surface area contributed by atoms with Gasteiger partial charge in [0.25, 0.3) is 0 Å². The largest absolute Gasteiger partial charge is 0.394 e. The molecule has 0 amide bonds. The van der Waals surface area contributed by atoms with Crippen molar-refractivity contribution < 1.29 is 5.11 Å². The number of rotatable bonds is 5. The van der Waals surface area contributed by atoms with E-state index in [-0.39, 0.29) is 6.61 Å². The second kappa shape index (κ2) is 5.83. The van der Waals surface area contributed by atoms with E-state index in [4.69, 9.17) is 5.73 Å². The Kier molecular flexibility index (Phi) is 4.38. The van der Waals surface area contributed by atoms with Gasteiger partial charge in [0.05, 0.1) is 12.1 Å². The van der Waals surface area contributed by atoms with Crippen molar-refractivity contribution in [1.29, 1.82) is 0 Å². The zero-order valence-electron chi connectivity index (χ0n) is 11.2. The number of hydrogen-bond acceptors (Lipinski definition) is 3. The molecule has 1 aromatic rings. The second-order valence-corrected chi connectivity index (χ2v) is 5.48. The van der Waals surface area contributed by atoms with E-state index < -0.39 is 5.54 Å². The van der Waals surface area contributed by atoms with Gasteiger partial charge < -0.3 is 15.7 Å². The maximum atomic E-state index is 9.67. The monoisotopic (exact) mass is 248 g/mol. The van der Waals surface area contributed by atoms with E-state index in [1.165, 1.54) is 12.8 Å². The van der Waals surface area contributed by atoms with Crippen LogP contribution in [0.15, 0.2) is 30.3 Å². The van der Waals surface area contributed by atoms with Gasteiger partial charge in [0, 0.05) is 13.1 Å². The first-order valence-corrected chi connectivity index (χ1v) is 6.85. The van der Waals surface area contributed by atoms with Gasteiger partial charge in [0.2, 0.25) is 0 Å². The van der Waals surface area contributed by atoms with E-state index in [2.05, 4.69) is 11.8 Å². The van der Waals surface area contributed by atoms with Crippen LogP contribution in [0.1, 0.15) is 25.3 Å². The average molecular weight is 248 g/mol. The van der Waals surface area contributed by atoms with Crippen molar-refractivity contribution in [2.24, 2.45) is 11.7 Å². The summed E-state index contributed by atoms with van der Waals surface area (Å²) in [5.41, 5.74) is 6.78. The van der Waals surface area contributed by atoms with Crippen LogP contribution in [-0.2, 0) is 5.54 Å². The van der Waals surface area contributed by atoms with E-state index in [0.29, 0.717) is 0 Å². The molecule has 3 nitrogen and oxygen atoms in total. The average Bonchev–Trinajstić information content (AvgIpc) is 2.87. The molecular formula is C15H24N2O. The molecule has 18 heavy (non-hydrogen) atoms. The van der Waals surface area contributed by atoms with Gasteiger partial charge in [-0.1, -0.05) is 43.7 Å². The molecule has 0 radical (unpaired) electrons. The molecule has 1 heterocycles. The number of nitrogens with two attached hydrogens (primary N) is 1. The van der Waals surface area contributed by atoms with Crippen molar-refractivity contribution in [3.8, 4) is 0 Å². The lowest BCUT2D eigenvalue weighted by molar-refractivity contribution is 0.147. The minimum absolute atomic E-state index is 0.00962. The number of hydrogen-bond donors (Lipinski definition) is 2. The normalized spacial score (nSPS) is 24.1. The third kappa shape index (κ3) is 2.91. The van der Waals surface area contributed by atoms with Crippen molar-refractivity contribution in [3.63, 3.8) is 0 Å². The Balaban J connectivity index is 2.05. The highest BCUT2D eigenvalue weighted by Crippen LogP contribution is 2.24. The zero-order chi connectivity index (χ0) is 13.0. The first-order chi connectivity index (χ1) is 8.68. The van der Waals surface area contributed by atoms with E-state index in [1.54, 1.807) is 0 Å². The lowest BCUT2D eigenvalue weighted by atomic mass is 9.91. The molecule has 0 spiro atoms. The zero-order valence-corrected chi connectivity index (χ0v) is 11.2. The molecule has 1 aliphatic heterocycles. The van der Waals surface area contributed by atoms with Crippen molar-refractivity contribution in [2.45, 2.75) is 25.3 Å². The van der Waals surface area contributed by atoms with E-state index in [1.807, 2.05) is 30.3 Å². The molecule has 3 heteroatoms. The lowest BCUT2D eigenvalue weighted by Gasteiger charge is -2.32. The molecule has 0 aliphatic carbocycles. The second-order valence-electron chi connectivity index (χ2n) is 5.48. The number of benzene rings is 1. The molecule has 3 N–H and O–H groups in total. The Morgan fingerprint density at radius 1 is 1.39 bits per heavy atom. The maximum absolute atomic E-state index is 9.67. The van der Waals surface area contributed by atoms with E-state index in [0.717, 1.165) is 31.1 Å². The van der Waals surface area contributed by atoms with E-state index in [9.17, 15) is 5.11 Å². The first-order valence-electron chi connectivity index (χ1n) is 6.85. The van der Waals surface area contributed by atoms with Crippen molar-refractivity contribution >= 4 is 0 Å². The predicted molar refractivity (Wildman–Crippen MR) is 74.2 cm³/mol. The maximum Gasteiger partial charge on any atom is 0.0772 e. The highest BCUT2D eigenvalue weighted by molar-refractivity contribution is 5.24. The Morgan fingerprint density at radius 3 is 2.67 bits per heavy atom. The van der Waals surface area contributed by atoms with Crippen molar-refractivity contribution in [2.75, 3.05) is 26.2 Å². The summed E-state index contributed by atoms with van der Waals surface area (Å²) >= 11 is 0. The van der Waals surface area contributed by atoms with Crippen molar-refractivity contribution in [1.82, 2.24) is 4.90 Å². The van der Waals surface area contributed by atoms with Gasteiger partial charge in [0.1, 0.15) is 0 Å². The minimum Gasteiger partial charge on any atom is -0.394 e. The van der Waals surface area contributed by atoms with Gasteiger partial charge in [0.15, 0.2) is 0 Å². The van der Waals surface area contributed by atoms with Gasteiger partial charge in [-0.25, -0.2) is 0 Å². The fourth-order valence-corrected chi connectivity index (χ4v) is 2.79. The van der Waals surface area contributed by atoms with Crippen LogP contribution in [0.3, 0.4) is 0 Å². The molecule has 1 aliphatic rings. The number of aliphatic hydroxyl groups excluding tert-OH is 1. The summed E-state index contributed by atoms with van der Waals surface area (Å²) in [6.07, 6.45) is 2.49. The Morgan fingerprint density at radius 2 is 2.11 bits per heavy atom. The van der Waals surface area contributed by atoms with Gasteiger partial charge in [-0.3, -0.25) is 0 Å². The van der Waals surface area contributed by atoms with Crippen LogP contribution < -0.4 is 5.73 Å². The fourth-order valence-electron chi connectivity index (χ4n) is 2.79. The smallest absolute Gasteiger partial charge is 0.0772 e. The number of aliphatic hydroxyl groups is 1. The molecule has 0 bridgehead atoms. The Labute approximate surface area is 110 Å². The molecule has 1 saturated heterocycles. The number of likely N-dealkylation sites (tertiary alicyclic amines) is 1. The molecular weight excluding hydrogens is 224 g/mol. The van der Waals surface area contributed by atoms with Crippen LogP contribution in [0.4, 0.5) is 0 Å². The molecule has 1 aromatic carbocycles. The SMILES string of the molecule is CCC1CCN(CC(N)(CO)c2ccccc2)C1. The molecule has 2 rings (SSSR count). The van der Waals surface area contributed by atoms with Crippen LogP contribution in [0.5, 0.6) is 0 Å². The van der Waals surface area contributed by atoms with Crippen LogP contribution in [0.25, 0.3) is 0 Å². The fraction of sp³-hybridized carbons (Fsp3) is 0.600. The van der Waals surface area contributed by atoms with Crippen LogP contribution in [0, 0.1) is 5.92 Å². The summed E-state index contributed by atoms with van der Waals surface area (Å²) in [6.45, 7) is 5.19. The van der Waals surface area contributed by atoms with E-state index >= 15 is 0 Å². The molecule has 2 unspecified atom stereocenters. The lowest BCUT2D eigenvalue weighted by Crippen LogP contribution is -2.50. The van der Waals surface area contributed by atoms with Crippen LogP contribution in [0.2, 0.25) is 0 Å². The Hall–Kier alpha value is -0.900.